The maximum atomic E-state index is 12.0. The minimum Gasteiger partial charge on any atom is -0.354 e. The molecule has 2 aromatic carbocycles. The highest BCUT2D eigenvalue weighted by Gasteiger charge is 2.18. The summed E-state index contributed by atoms with van der Waals surface area (Å²) in [7, 11) is -3.61. The van der Waals surface area contributed by atoms with E-state index in [4.69, 9.17) is 0 Å². The fourth-order valence-electron chi connectivity index (χ4n) is 3.24. The Hall–Kier alpha value is -2.45. The Morgan fingerprint density at radius 3 is 2.37 bits per heavy atom. The molecule has 2 aromatic rings. The van der Waals surface area contributed by atoms with E-state index in [9.17, 15) is 18.5 Å². The fourth-order valence-corrected chi connectivity index (χ4v) is 4.09. The number of benzene rings is 2. The van der Waals surface area contributed by atoms with E-state index < -0.39 is 14.8 Å². The van der Waals surface area contributed by atoms with Crippen molar-refractivity contribution in [3.8, 4) is 0 Å². The number of nitrogens with one attached hydrogen (secondary N) is 1. The molecule has 0 radical (unpaired) electrons. The van der Waals surface area contributed by atoms with Gasteiger partial charge in [0, 0.05) is 30.6 Å². The first-order chi connectivity index (χ1) is 12.8. The maximum absolute atomic E-state index is 12.0. The molecule has 0 atom stereocenters. The van der Waals surface area contributed by atoms with Crippen LogP contribution in [0.25, 0.3) is 0 Å². The minimum absolute atomic E-state index is 0.0881. The van der Waals surface area contributed by atoms with Crippen LogP contribution in [-0.4, -0.2) is 44.1 Å². The van der Waals surface area contributed by atoms with Crippen molar-refractivity contribution in [2.45, 2.75) is 24.2 Å². The van der Waals surface area contributed by atoms with Crippen molar-refractivity contribution in [2.75, 3.05) is 31.2 Å². The van der Waals surface area contributed by atoms with Gasteiger partial charge in [-0.1, -0.05) is 12.1 Å². The van der Waals surface area contributed by atoms with E-state index in [2.05, 4.69) is 10.2 Å². The third-order valence-corrected chi connectivity index (χ3v) is 5.86. The monoisotopic (exact) mass is 389 g/mol. The van der Waals surface area contributed by atoms with E-state index in [0.29, 0.717) is 5.69 Å². The smallest absolute Gasteiger partial charge is 0.270 e. The van der Waals surface area contributed by atoms with Gasteiger partial charge in [0.2, 0.25) is 0 Å². The molecule has 3 rings (SSSR count). The highest BCUT2D eigenvalue weighted by atomic mass is 32.2. The van der Waals surface area contributed by atoms with Gasteiger partial charge < -0.3 is 10.2 Å². The molecule has 27 heavy (non-hydrogen) atoms. The zero-order chi connectivity index (χ0) is 19.4. The van der Waals surface area contributed by atoms with Gasteiger partial charge in [-0.15, -0.1) is 0 Å². The second kappa shape index (κ2) is 8.06. The largest absolute Gasteiger partial charge is 0.354 e. The Kier molecular flexibility index (Phi) is 5.76. The van der Waals surface area contributed by atoms with Crippen molar-refractivity contribution in [1.82, 2.24) is 4.90 Å². The highest BCUT2D eigenvalue weighted by molar-refractivity contribution is 7.90. The van der Waals surface area contributed by atoms with Crippen molar-refractivity contribution in [1.29, 1.82) is 0 Å². The molecule has 7 nitrogen and oxygen atoms in total. The van der Waals surface area contributed by atoms with Gasteiger partial charge in [0.25, 0.3) is 5.69 Å². The number of non-ortho nitro benzene ring substituents is 1. The molecule has 0 saturated carbocycles. The van der Waals surface area contributed by atoms with Crippen LogP contribution in [0.3, 0.4) is 0 Å². The van der Waals surface area contributed by atoms with Crippen LogP contribution in [0, 0.1) is 10.1 Å². The molecule has 1 fully saturated rings. The number of hydrogen-bond acceptors (Lipinski definition) is 6. The first-order valence-corrected chi connectivity index (χ1v) is 10.8. The molecule has 144 valence electrons. The van der Waals surface area contributed by atoms with Gasteiger partial charge in [0.15, 0.2) is 9.84 Å². The molecule has 1 saturated heterocycles. The van der Waals surface area contributed by atoms with Crippen molar-refractivity contribution in [3.63, 3.8) is 0 Å². The Morgan fingerprint density at radius 1 is 1.11 bits per heavy atom. The Labute approximate surface area is 159 Å². The first-order valence-electron chi connectivity index (χ1n) is 8.90. The number of sulfone groups is 1. The van der Waals surface area contributed by atoms with E-state index >= 15 is 0 Å². The first kappa shape index (κ1) is 19.3. The van der Waals surface area contributed by atoms with Crippen LogP contribution in [-0.2, 0) is 16.3 Å². The molecule has 1 aliphatic heterocycles. The predicted molar refractivity (Wildman–Crippen MR) is 105 cm³/mol. The summed E-state index contributed by atoms with van der Waals surface area (Å²) in [4.78, 5) is 12.7. The normalized spacial score (nSPS) is 15.0. The van der Waals surface area contributed by atoms with Gasteiger partial charge in [-0.3, -0.25) is 10.1 Å². The maximum Gasteiger partial charge on any atom is 0.270 e. The number of anilines is 2. The quantitative estimate of drug-likeness (QED) is 0.576. The Morgan fingerprint density at radius 2 is 1.78 bits per heavy atom. The SMILES string of the molecule is CS(=O)(=O)c1cc([N+](=O)[O-])ccc1Nc1ccc(CCN2CCCC2)cc1. The van der Waals surface area contributed by atoms with Crippen LogP contribution >= 0.6 is 0 Å². The molecule has 1 heterocycles. The van der Waals surface area contributed by atoms with E-state index in [1.807, 2.05) is 24.3 Å². The Balaban J connectivity index is 1.73. The average Bonchev–Trinajstić information content (AvgIpc) is 3.14. The van der Waals surface area contributed by atoms with Crippen LogP contribution in [0.15, 0.2) is 47.4 Å². The lowest BCUT2D eigenvalue weighted by molar-refractivity contribution is -0.385. The van der Waals surface area contributed by atoms with E-state index in [0.717, 1.165) is 31.0 Å². The second-order valence-corrected chi connectivity index (χ2v) is 8.81. The van der Waals surface area contributed by atoms with Gasteiger partial charge in [-0.25, -0.2) is 8.42 Å². The van der Waals surface area contributed by atoms with E-state index in [-0.39, 0.29) is 10.6 Å². The summed E-state index contributed by atoms with van der Waals surface area (Å²) in [5.41, 5.74) is 2.03. The number of rotatable bonds is 7. The fraction of sp³-hybridized carbons (Fsp3) is 0.368. The van der Waals surface area contributed by atoms with E-state index in [1.54, 1.807) is 0 Å². The number of likely N-dealkylation sites (tertiary alicyclic amines) is 1. The zero-order valence-electron chi connectivity index (χ0n) is 15.2. The van der Waals surface area contributed by atoms with Gasteiger partial charge in [0.1, 0.15) is 0 Å². The Bertz CT molecular complexity index is 920. The van der Waals surface area contributed by atoms with Gasteiger partial charge in [0.05, 0.1) is 15.5 Å². The second-order valence-electron chi connectivity index (χ2n) is 6.83. The van der Waals surface area contributed by atoms with Gasteiger partial charge in [-0.2, -0.15) is 0 Å². The summed E-state index contributed by atoms with van der Waals surface area (Å²) >= 11 is 0. The minimum atomic E-state index is -3.61. The topological polar surface area (TPSA) is 92.5 Å². The van der Waals surface area contributed by atoms with Crippen LogP contribution in [0.5, 0.6) is 0 Å². The number of nitro benzene ring substituents is 1. The summed E-state index contributed by atoms with van der Waals surface area (Å²) < 4.78 is 24.0. The molecular formula is C19H23N3O4S. The molecule has 1 aliphatic rings. The molecule has 1 N–H and O–H groups in total. The summed E-state index contributed by atoms with van der Waals surface area (Å²) in [5, 5.41) is 14.0. The number of nitrogens with zero attached hydrogens (tertiary/aromatic N) is 2. The van der Waals surface area contributed by atoms with Crippen LogP contribution in [0.4, 0.5) is 17.1 Å². The van der Waals surface area contributed by atoms with E-state index in [1.165, 1.54) is 43.6 Å². The van der Waals surface area contributed by atoms with Gasteiger partial charge in [-0.05, 0) is 56.1 Å². The molecular weight excluding hydrogens is 366 g/mol. The lowest BCUT2D eigenvalue weighted by Crippen LogP contribution is -2.21. The van der Waals surface area contributed by atoms with Crippen LogP contribution in [0.1, 0.15) is 18.4 Å². The van der Waals surface area contributed by atoms with Gasteiger partial charge >= 0.3 is 0 Å². The molecule has 0 bridgehead atoms. The summed E-state index contributed by atoms with van der Waals surface area (Å²) in [6.45, 7) is 3.40. The predicted octanol–water partition coefficient (Wildman–Crippen LogP) is 3.38. The lowest BCUT2D eigenvalue weighted by Gasteiger charge is -2.15. The summed E-state index contributed by atoms with van der Waals surface area (Å²) in [6, 6.07) is 11.6. The van der Waals surface area contributed by atoms with Crippen LogP contribution in [0.2, 0.25) is 0 Å². The molecule has 8 heteroatoms. The van der Waals surface area contributed by atoms with Crippen molar-refractivity contribution in [2.24, 2.45) is 0 Å². The summed E-state index contributed by atoms with van der Waals surface area (Å²) in [5.74, 6) is 0. The molecule has 0 aromatic heterocycles. The molecule has 0 spiro atoms. The molecule has 0 unspecified atom stereocenters. The zero-order valence-corrected chi connectivity index (χ0v) is 16.0. The average molecular weight is 389 g/mol. The highest BCUT2D eigenvalue weighted by Crippen LogP contribution is 2.29. The molecule has 0 amide bonds. The molecule has 0 aliphatic carbocycles. The third-order valence-electron chi connectivity index (χ3n) is 4.72. The number of nitro groups is 1. The number of hydrogen-bond donors (Lipinski definition) is 1. The summed E-state index contributed by atoms with van der Waals surface area (Å²) in [6.07, 6.45) is 4.58. The standard InChI is InChI=1S/C19H23N3O4S/c1-27(25,26)19-14-17(22(23)24)8-9-18(19)20-16-6-4-15(5-7-16)10-13-21-11-2-3-12-21/h4-9,14,20H,2-3,10-13H2,1H3. The van der Waals surface area contributed by atoms with Crippen molar-refractivity contribution in [3.05, 3.63) is 58.1 Å². The third kappa shape index (κ3) is 5.05. The lowest BCUT2D eigenvalue weighted by atomic mass is 10.1. The van der Waals surface area contributed by atoms with Crippen molar-refractivity contribution < 1.29 is 13.3 Å². The van der Waals surface area contributed by atoms with Crippen LogP contribution < -0.4 is 5.32 Å². The van der Waals surface area contributed by atoms with Crippen molar-refractivity contribution >= 4 is 26.9 Å².